The Hall–Kier alpha value is -1.24. The van der Waals surface area contributed by atoms with Crippen molar-refractivity contribution in [1.29, 1.82) is 0 Å². The third-order valence-electron chi connectivity index (χ3n) is 1.95. The largest absolute Gasteiger partial charge is 0.376 e. The fraction of sp³-hybridized carbons (Fsp3) is 0.200. The fourth-order valence-electron chi connectivity index (χ4n) is 1.35. The molecule has 0 saturated heterocycles. The molecule has 11 heavy (non-hydrogen) atoms. The smallest absolute Gasteiger partial charge is 0.0360 e. The number of fused-ring (bicyclic) bond motifs is 1. The minimum atomic E-state index is 1.02. The van der Waals surface area contributed by atoms with Crippen molar-refractivity contribution < 1.29 is 0 Å². The molecule has 1 aliphatic heterocycles. The maximum absolute atomic E-state index is 2.25. The molecule has 2 rings (SSSR count). The highest BCUT2D eigenvalue weighted by molar-refractivity contribution is 5.37. The SMILES string of the molecule is CN1C=c2ccccc2=CC1. The van der Waals surface area contributed by atoms with E-state index in [0.717, 1.165) is 6.54 Å². The lowest BCUT2D eigenvalue weighted by atomic mass is 10.2. The summed E-state index contributed by atoms with van der Waals surface area (Å²) in [6.07, 6.45) is 4.42. The molecule has 0 N–H and O–H groups in total. The average Bonchev–Trinajstić information content (AvgIpc) is 2.04. The van der Waals surface area contributed by atoms with Gasteiger partial charge in [-0.15, -0.1) is 0 Å². The van der Waals surface area contributed by atoms with Crippen LogP contribution >= 0.6 is 0 Å². The van der Waals surface area contributed by atoms with Crippen molar-refractivity contribution in [2.45, 2.75) is 0 Å². The molecule has 0 atom stereocenters. The molecular formula is C10H11N. The fourth-order valence-corrected chi connectivity index (χ4v) is 1.35. The van der Waals surface area contributed by atoms with Gasteiger partial charge in [-0.3, -0.25) is 0 Å². The summed E-state index contributed by atoms with van der Waals surface area (Å²) in [4.78, 5) is 2.18. The van der Waals surface area contributed by atoms with Gasteiger partial charge in [-0.2, -0.15) is 0 Å². The van der Waals surface area contributed by atoms with Crippen LogP contribution in [-0.4, -0.2) is 18.5 Å². The number of nitrogens with zero attached hydrogens (tertiary/aromatic N) is 1. The van der Waals surface area contributed by atoms with Gasteiger partial charge in [-0.1, -0.05) is 30.3 Å². The van der Waals surface area contributed by atoms with Gasteiger partial charge in [0.25, 0.3) is 0 Å². The molecule has 0 saturated carbocycles. The van der Waals surface area contributed by atoms with Crippen molar-refractivity contribution in [1.82, 2.24) is 4.90 Å². The van der Waals surface area contributed by atoms with Crippen molar-refractivity contribution in [2.24, 2.45) is 0 Å². The van der Waals surface area contributed by atoms with E-state index in [0.29, 0.717) is 0 Å². The molecule has 1 aromatic rings. The predicted molar refractivity (Wildman–Crippen MR) is 47.3 cm³/mol. The average molecular weight is 145 g/mol. The van der Waals surface area contributed by atoms with E-state index in [1.807, 2.05) is 0 Å². The summed E-state index contributed by atoms with van der Waals surface area (Å²) in [6.45, 7) is 1.02. The molecule has 1 heteroatoms. The van der Waals surface area contributed by atoms with Crippen LogP contribution in [0.25, 0.3) is 12.3 Å². The maximum Gasteiger partial charge on any atom is 0.0360 e. The molecule has 0 spiro atoms. The number of hydrogen-bond donors (Lipinski definition) is 0. The molecule has 0 bridgehead atoms. The molecule has 0 aromatic heterocycles. The van der Waals surface area contributed by atoms with Crippen LogP contribution in [0.15, 0.2) is 24.3 Å². The topological polar surface area (TPSA) is 3.24 Å². The molecule has 56 valence electrons. The van der Waals surface area contributed by atoms with Crippen molar-refractivity contribution in [3.05, 3.63) is 34.7 Å². The first-order valence-electron chi connectivity index (χ1n) is 3.83. The van der Waals surface area contributed by atoms with Crippen LogP contribution < -0.4 is 10.4 Å². The molecule has 0 aliphatic carbocycles. The van der Waals surface area contributed by atoms with Crippen molar-refractivity contribution >= 4 is 12.3 Å². The second kappa shape index (κ2) is 2.42. The standard InChI is InChI=1S/C10H11N/c1-11-7-6-9-4-2-3-5-10(9)8-11/h2-6,8H,7H2,1H3. The maximum atomic E-state index is 2.25. The van der Waals surface area contributed by atoms with E-state index >= 15 is 0 Å². The summed E-state index contributed by atoms with van der Waals surface area (Å²) in [5.41, 5.74) is 0. The Morgan fingerprint density at radius 1 is 1.18 bits per heavy atom. The minimum absolute atomic E-state index is 1.02. The van der Waals surface area contributed by atoms with E-state index in [-0.39, 0.29) is 0 Å². The van der Waals surface area contributed by atoms with Gasteiger partial charge in [0, 0.05) is 19.8 Å². The van der Waals surface area contributed by atoms with Crippen molar-refractivity contribution in [3.8, 4) is 0 Å². The normalized spacial score (nSPS) is 14.8. The van der Waals surface area contributed by atoms with Crippen LogP contribution in [-0.2, 0) is 0 Å². The molecule has 0 fully saturated rings. The molecule has 1 heterocycles. The Morgan fingerprint density at radius 3 is 2.73 bits per heavy atom. The minimum Gasteiger partial charge on any atom is -0.376 e. The van der Waals surface area contributed by atoms with Crippen LogP contribution in [0.2, 0.25) is 0 Å². The van der Waals surface area contributed by atoms with Crippen molar-refractivity contribution in [2.75, 3.05) is 13.6 Å². The lowest BCUT2D eigenvalue weighted by molar-refractivity contribution is 0.564. The van der Waals surface area contributed by atoms with E-state index in [2.05, 4.69) is 48.5 Å². The molecule has 0 amide bonds. The summed E-state index contributed by atoms with van der Waals surface area (Å²) >= 11 is 0. The number of benzene rings is 1. The van der Waals surface area contributed by atoms with Gasteiger partial charge in [0.05, 0.1) is 0 Å². The summed E-state index contributed by atoms with van der Waals surface area (Å²) in [5.74, 6) is 0. The number of rotatable bonds is 0. The van der Waals surface area contributed by atoms with E-state index in [1.165, 1.54) is 10.4 Å². The third-order valence-corrected chi connectivity index (χ3v) is 1.95. The Morgan fingerprint density at radius 2 is 1.91 bits per heavy atom. The summed E-state index contributed by atoms with van der Waals surface area (Å²) in [7, 11) is 2.09. The first-order valence-corrected chi connectivity index (χ1v) is 3.83. The second-order valence-corrected chi connectivity index (χ2v) is 2.90. The zero-order chi connectivity index (χ0) is 7.68. The van der Waals surface area contributed by atoms with Crippen molar-refractivity contribution in [3.63, 3.8) is 0 Å². The lowest BCUT2D eigenvalue weighted by Gasteiger charge is -2.13. The second-order valence-electron chi connectivity index (χ2n) is 2.90. The molecule has 0 radical (unpaired) electrons. The van der Waals surface area contributed by atoms with Crippen LogP contribution in [0, 0.1) is 0 Å². The molecular weight excluding hydrogens is 134 g/mol. The van der Waals surface area contributed by atoms with E-state index < -0.39 is 0 Å². The van der Waals surface area contributed by atoms with Gasteiger partial charge < -0.3 is 4.90 Å². The highest BCUT2D eigenvalue weighted by Crippen LogP contribution is 1.86. The zero-order valence-corrected chi connectivity index (χ0v) is 6.62. The summed E-state index contributed by atoms with van der Waals surface area (Å²) < 4.78 is 0. The molecule has 1 aromatic carbocycles. The first-order chi connectivity index (χ1) is 5.36. The van der Waals surface area contributed by atoms with Gasteiger partial charge >= 0.3 is 0 Å². The summed E-state index contributed by atoms with van der Waals surface area (Å²) in [6, 6.07) is 8.44. The van der Waals surface area contributed by atoms with Crippen LogP contribution in [0.3, 0.4) is 0 Å². The van der Waals surface area contributed by atoms with E-state index in [4.69, 9.17) is 0 Å². The summed E-state index contributed by atoms with van der Waals surface area (Å²) in [5, 5.41) is 2.67. The van der Waals surface area contributed by atoms with Crippen LogP contribution in [0.5, 0.6) is 0 Å². The number of hydrogen-bond acceptors (Lipinski definition) is 1. The molecule has 1 aliphatic rings. The van der Waals surface area contributed by atoms with Gasteiger partial charge in [-0.05, 0) is 10.4 Å². The Bertz CT molecular complexity index is 365. The van der Waals surface area contributed by atoms with Gasteiger partial charge in [-0.25, -0.2) is 0 Å². The van der Waals surface area contributed by atoms with Gasteiger partial charge in [0.15, 0.2) is 0 Å². The third kappa shape index (κ3) is 1.14. The Kier molecular flexibility index (Phi) is 1.42. The highest BCUT2D eigenvalue weighted by atomic mass is 15.1. The van der Waals surface area contributed by atoms with Crippen LogP contribution in [0.1, 0.15) is 0 Å². The highest BCUT2D eigenvalue weighted by Gasteiger charge is 1.94. The Labute approximate surface area is 66.3 Å². The Balaban J connectivity index is 2.73. The molecule has 0 unspecified atom stereocenters. The monoisotopic (exact) mass is 145 g/mol. The molecule has 1 nitrogen and oxygen atoms in total. The van der Waals surface area contributed by atoms with Gasteiger partial charge in [0.2, 0.25) is 0 Å². The van der Waals surface area contributed by atoms with Crippen LogP contribution in [0.4, 0.5) is 0 Å². The first kappa shape index (κ1) is 6.47. The van der Waals surface area contributed by atoms with E-state index in [1.54, 1.807) is 0 Å². The van der Waals surface area contributed by atoms with E-state index in [9.17, 15) is 0 Å². The lowest BCUT2D eigenvalue weighted by Crippen LogP contribution is -2.33. The predicted octanol–water partition coefficient (Wildman–Crippen LogP) is 0.151. The zero-order valence-electron chi connectivity index (χ0n) is 6.62. The van der Waals surface area contributed by atoms with Gasteiger partial charge in [0.1, 0.15) is 0 Å². The quantitative estimate of drug-likeness (QED) is 0.502.